The highest BCUT2D eigenvalue weighted by molar-refractivity contribution is 5.88. The first kappa shape index (κ1) is 30.3. The van der Waals surface area contributed by atoms with Gasteiger partial charge in [0.05, 0.1) is 26.2 Å². The van der Waals surface area contributed by atoms with Crippen molar-refractivity contribution in [3.8, 4) is 5.75 Å². The Morgan fingerprint density at radius 3 is 2.59 bits per heavy atom. The highest BCUT2D eigenvalue weighted by atomic mass is 19.1. The quantitative estimate of drug-likeness (QED) is 0.409. The first-order chi connectivity index (χ1) is 19.5. The molecule has 1 aliphatic carbocycles. The van der Waals surface area contributed by atoms with Crippen molar-refractivity contribution in [2.75, 3.05) is 25.2 Å². The summed E-state index contributed by atoms with van der Waals surface area (Å²) in [6, 6.07) is 7.70. The molecule has 9 nitrogen and oxygen atoms in total. The molecular weight excluding hydrogens is 529 g/mol. The van der Waals surface area contributed by atoms with Crippen LogP contribution in [0, 0.1) is 17.7 Å². The number of rotatable bonds is 9. The average Bonchev–Trinajstić information content (AvgIpc) is 2.88. The van der Waals surface area contributed by atoms with Gasteiger partial charge in [-0.3, -0.25) is 14.5 Å². The molecule has 0 spiro atoms. The Morgan fingerprint density at radius 1 is 1.17 bits per heavy atom. The molecule has 0 unspecified atom stereocenters. The van der Waals surface area contributed by atoms with Gasteiger partial charge in [0.2, 0.25) is 5.91 Å². The molecule has 2 heterocycles. The van der Waals surface area contributed by atoms with Crippen molar-refractivity contribution in [2.45, 2.75) is 77.9 Å². The number of ether oxygens (including phenoxy) is 3. The molecule has 2 amide bonds. The zero-order chi connectivity index (χ0) is 29.7. The van der Waals surface area contributed by atoms with Gasteiger partial charge >= 0.3 is 12.1 Å². The van der Waals surface area contributed by atoms with Crippen LogP contribution in [0.2, 0.25) is 0 Å². The predicted molar refractivity (Wildman–Crippen MR) is 151 cm³/mol. The lowest BCUT2D eigenvalue weighted by Crippen LogP contribution is -2.42. The first-order valence-corrected chi connectivity index (χ1v) is 14.3. The monoisotopic (exact) mass is 569 g/mol. The molecule has 1 aromatic carbocycles. The maximum atomic E-state index is 14.4. The van der Waals surface area contributed by atoms with Crippen molar-refractivity contribution >= 4 is 23.8 Å². The van der Waals surface area contributed by atoms with E-state index in [-0.39, 0.29) is 36.5 Å². The second-order valence-electron chi connectivity index (χ2n) is 11.7. The molecular formula is C31H40FN3O6. The van der Waals surface area contributed by atoms with Crippen LogP contribution in [0.25, 0.3) is 0 Å². The maximum absolute atomic E-state index is 14.4. The number of aryl methyl sites for hydroxylation is 1. The third-order valence-electron chi connectivity index (χ3n) is 7.39. The van der Waals surface area contributed by atoms with E-state index >= 15 is 0 Å². The number of nitrogens with zero attached hydrogens (tertiary/aromatic N) is 2. The molecule has 1 aliphatic heterocycles. The van der Waals surface area contributed by atoms with Gasteiger partial charge in [-0.25, -0.2) is 14.2 Å². The summed E-state index contributed by atoms with van der Waals surface area (Å²) < 4.78 is 30.0. The summed E-state index contributed by atoms with van der Waals surface area (Å²) in [5, 5.41) is 2.93. The summed E-state index contributed by atoms with van der Waals surface area (Å²) in [5.74, 6) is -0.437. The van der Waals surface area contributed by atoms with Crippen molar-refractivity contribution in [1.82, 2.24) is 10.3 Å². The van der Waals surface area contributed by atoms with Crippen molar-refractivity contribution in [1.29, 1.82) is 0 Å². The second-order valence-corrected chi connectivity index (χ2v) is 11.7. The molecule has 10 heteroatoms. The lowest BCUT2D eigenvalue weighted by Gasteiger charge is -2.35. The van der Waals surface area contributed by atoms with Gasteiger partial charge in [0.15, 0.2) is 11.6 Å². The topological polar surface area (TPSA) is 107 Å². The Morgan fingerprint density at radius 2 is 1.93 bits per heavy atom. The third kappa shape index (κ3) is 7.74. The van der Waals surface area contributed by atoms with E-state index in [0.29, 0.717) is 37.2 Å². The van der Waals surface area contributed by atoms with Crippen LogP contribution < -0.4 is 15.0 Å². The number of pyridine rings is 1. The number of hydrogen-bond acceptors (Lipinski definition) is 7. The molecule has 1 fully saturated rings. The highest BCUT2D eigenvalue weighted by Gasteiger charge is 2.36. The van der Waals surface area contributed by atoms with Gasteiger partial charge in [-0.1, -0.05) is 12.1 Å². The minimum absolute atomic E-state index is 0.0850. The number of fused-ring (bicyclic) bond motifs is 1. The summed E-state index contributed by atoms with van der Waals surface area (Å²) in [6.45, 7) is 8.02. The van der Waals surface area contributed by atoms with Crippen LogP contribution in [0.5, 0.6) is 5.75 Å². The Kier molecular flexibility index (Phi) is 9.50. The van der Waals surface area contributed by atoms with Crippen LogP contribution in [0.3, 0.4) is 0 Å². The number of amides is 2. The summed E-state index contributed by atoms with van der Waals surface area (Å²) in [5.41, 5.74) is 1.77. The van der Waals surface area contributed by atoms with E-state index in [0.717, 1.165) is 24.1 Å². The van der Waals surface area contributed by atoms with Crippen LogP contribution in [-0.4, -0.2) is 48.8 Å². The molecule has 1 saturated carbocycles. The number of methoxy groups -OCH3 is 1. The summed E-state index contributed by atoms with van der Waals surface area (Å²) in [7, 11) is 1.37. The minimum Gasteiger partial charge on any atom is -0.494 e. The second kappa shape index (κ2) is 12.9. The lowest BCUT2D eigenvalue weighted by atomic mass is 9.72. The summed E-state index contributed by atoms with van der Waals surface area (Å²) in [4.78, 5) is 44.6. The van der Waals surface area contributed by atoms with Crippen LogP contribution in [0.1, 0.15) is 76.2 Å². The predicted octanol–water partition coefficient (Wildman–Crippen LogP) is 5.30. The summed E-state index contributed by atoms with van der Waals surface area (Å²) in [6.07, 6.45) is 3.25. The normalized spacial score (nSPS) is 18.9. The van der Waals surface area contributed by atoms with Gasteiger partial charge in [-0.15, -0.1) is 0 Å². The van der Waals surface area contributed by atoms with E-state index in [2.05, 4.69) is 5.32 Å². The summed E-state index contributed by atoms with van der Waals surface area (Å²) >= 11 is 0. The van der Waals surface area contributed by atoms with Crippen LogP contribution in [-0.2, 0) is 31.9 Å². The van der Waals surface area contributed by atoms with Crippen LogP contribution in [0.4, 0.5) is 15.0 Å². The smallest absolute Gasteiger partial charge is 0.416 e. The van der Waals surface area contributed by atoms with Crippen LogP contribution >= 0.6 is 0 Å². The molecule has 2 aromatic rings. The Bertz CT molecular complexity index is 1270. The van der Waals surface area contributed by atoms with E-state index < -0.39 is 29.5 Å². The zero-order valence-electron chi connectivity index (χ0n) is 24.5. The molecule has 4 rings (SSSR count). The number of aromatic nitrogens is 1. The van der Waals surface area contributed by atoms with E-state index in [1.165, 1.54) is 19.2 Å². The van der Waals surface area contributed by atoms with Crippen molar-refractivity contribution < 1.29 is 33.0 Å². The molecule has 0 saturated heterocycles. The number of halogens is 1. The molecule has 2 aliphatic rings. The molecule has 1 aromatic heterocycles. The van der Waals surface area contributed by atoms with Crippen molar-refractivity contribution in [3.05, 3.63) is 53.0 Å². The van der Waals surface area contributed by atoms with E-state index in [4.69, 9.17) is 19.2 Å². The van der Waals surface area contributed by atoms with Gasteiger partial charge in [0, 0.05) is 18.2 Å². The SMILES string of the molecule is CCOC(=O)C[C@H](NC(=O)[C@H]1C[C@@H](Cc2ccc3c(n2)N(C(=O)OC(C)(C)C)CCC3)C1)c1ccc(OC)c(F)c1. The van der Waals surface area contributed by atoms with E-state index in [9.17, 15) is 18.8 Å². The highest BCUT2D eigenvalue weighted by Crippen LogP contribution is 2.38. The maximum Gasteiger partial charge on any atom is 0.416 e. The Labute approximate surface area is 240 Å². The van der Waals surface area contributed by atoms with Crippen molar-refractivity contribution in [3.63, 3.8) is 0 Å². The Balaban J connectivity index is 1.37. The first-order valence-electron chi connectivity index (χ1n) is 14.3. The van der Waals surface area contributed by atoms with Crippen LogP contribution in [0.15, 0.2) is 30.3 Å². The molecule has 0 radical (unpaired) electrons. The number of nitrogens with one attached hydrogen (secondary N) is 1. The molecule has 222 valence electrons. The number of carbonyl (C=O) groups is 3. The molecule has 1 N–H and O–H groups in total. The fourth-order valence-electron chi connectivity index (χ4n) is 5.33. The standard InChI is InChI=1S/C31H40FN3O6/c1-6-40-27(36)18-25(21-10-12-26(39-5)24(32)17-21)34-29(37)22-14-19(15-22)16-23-11-9-20-8-7-13-35(28(20)33-23)30(38)41-31(2,3)4/h9-12,17,19,22,25H,6-8,13-16,18H2,1-5H3,(H,34,37)/t19-,22+,25-/m0/s1. The largest absolute Gasteiger partial charge is 0.494 e. The number of carbonyl (C=O) groups excluding carboxylic acids is 3. The van der Waals surface area contributed by atoms with Crippen molar-refractivity contribution in [2.24, 2.45) is 11.8 Å². The number of esters is 1. The minimum atomic E-state index is -0.720. The van der Waals surface area contributed by atoms with E-state index in [1.54, 1.807) is 17.9 Å². The Hall–Kier alpha value is -3.69. The average molecular weight is 570 g/mol. The van der Waals surface area contributed by atoms with Gasteiger partial charge in [-0.05, 0) is 95.0 Å². The fraction of sp³-hybridized carbons (Fsp3) is 0.548. The zero-order valence-corrected chi connectivity index (χ0v) is 24.5. The number of benzene rings is 1. The molecule has 1 atom stereocenters. The lowest BCUT2D eigenvalue weighted by molar-refractivity contribution is -0.144. The van der Waals surface area contributed by atoms with Gasteiger partial charge < -0.3 is 19.5 Å². The van der Waals surface area contributed by atoms with Gasteiger partial charge in [0.1, 0.15) is 11.4 Å². The molecule has 41 heavy (non-hydrogen) atoms. The molecule has 0 bridgehead atoms. The van der Waals surface area contributed by atoms with Gasteiger partial charge in [-0.2, -0.15) is 0 Å². The number of anilines is 1. The van der Waals surface area contributed by atoms with E-state index in [1.807, 2.05) is 32.9 Å². The third-order valence-corrected chi connectivity index (χ3v) is 7.39. The number of hydrogen-bond donors (Lipinski definition) is 1. The van der Waals surface area contributed by atoms with Gasteiger partial charge in [0.25, 0.3) is 0 Å². The fourth-order valence-corrected chi connectivity index (χ4v) is 5.33.